The minimum Gasteiger partial charge on any atom is -0.365 e. The molecule has 0 aromatic carbocycles. The molecule has 0 aliphatic carbocycles. The van der Waals surface area contributed by atoms with E-state index in [-0.39, 0.29) is 5.54 Å². The van der Waals surface area contributed by atoms with E-state index in [0.29, 0.717) is 0 Å². The molecule has 0 amide bonds. The number of rotatable bonds is 1. The Bertz CT molecular complexity index is 340. The molecule has 0 unspecified atom stereocenters. The fourth-order valence-electron chi connectivity index (χ4n) is 1.56. The minimum atomic E-state index is 0.0463. The smallest absolute Gasteiger partial charge is 0.134 e. The first kappa shape index (κ1) is 9.40. The molecule has 1 aromatic heterocycles. The number of anilines is 1. The molecule has 1 aliphatic heterocycles. The largest absolute Gasteiger partial charge is 0.365 e. The highest BCUT2D eigenvalue weighted by Gasteiger charge is 2.19. The number of hydrogen-bond donors (Lipinski definition) is 2. The third-order valence-electron chi connectivity index (χ3n) is 2.12. The third kappa shape index (κ3) is 1.85. The summed E-state index contributed by atoms with van der Waals surface area (Å²) in [4.78, 5) is 8.51. The molecule has 76 valence electrons. The van der Waals surface area contributed by atoms with E-state index in [1.165, 1.54) is 5.56 Å². The fourth-order valence-corrected chi connectivity index (χ4v) is 1.56. The van der Waals surface area contributed by atoms with Gasteiger partial charge in [-0.15, -0.1) is 0 Å². The molecule has 4 nitrogen and oxygen atoms in total. The topological polar surface area (TPSA) is 49.8 Å². The van der Waals surface area contributed by atoms with Crippen LogP contribution in [-0.4, -0.2) is 15.5 Å². The number of nitrogens with one attached hydrogen (secondary N) is 2. The first-order valence-corrected chi connectivity index (χ1v) is 4.88. The summed E-state index contributed by atoms with van der Waals surface area (Å²) >= 11 is 0. The molecule has 0 saturated heterocycles. The van der Waals surface area contributed by atoms with E-state index in [1.54, 1.807) is 6.33 Å². The van der Waals surface area contributed by atoms with E-state index in [0.717, 1.165) is 24.6 Å². The second-order valence-corrected chi connectivity index (χ2v) is 4.63. The van der Waals surface area contributed by atoms with E-state index >= 15 is 0 Å². The SMILES string of the molecule is CC(C)(C)Nc1ncnc2c1CNC2. The normalized spacial score (nSPS) is 15.4. The van der Waals surface area contributed by atoms with Crippen molar-refractivity contribution in [3.05, 3.63) is 17.6 Å². The molecule has 2 heterocycles. The van der Waals surface area contributed by atoms with E-state index in [2.05, 4.69) is 41.4 Å². The molecule has 14 heavy (non-hydrogen) atoms. The molecule has 0 atom stereocenters. The Morgan fingerprint density at radius 2 is 2.07 bits per heavy atom. The third-order valence-corrected chi connectivity index (χ3v) is 2.12. The Hall–Kier alpha value is -1.16. The Morgan fingerprint density at radius 3 is 2.79 bits per heavy atom. The molecular formula is C10H16N4. The number of aromatic nitrogens is 2. The van der Waals surface area contributed by atoms with Gasteiger partial charge in [-0.2, -0.15) is 0 Å². The maximum Gasteiger partial charge on any atom is 0.134 e. The summed E-state index contributed by atoms with van der Waals surface area (Å²) in [5, 5.41) is 6.66. The lowest BCUT2D eigenvalue weighted by atomic mass is 10.1. The Morgan fingerprint density at radius 1 is 1.29 bits per heavy atom. The van der Waals surface area contributed by atoms with Crippen molar-refractivity contribution in [2.75, 3.05) is 5.32 Å². The van der Waals surface area contributed by atoms with Crippen molar-refractivity contribution < 1.29 is 0 Å². The van der Waals surface area contributed by atoms with E-state index in [9.17, 15) is 0 Å². The molecule has 2 rings (SSSR count). The number of fused-ring (bicyclic) bond motifs is 1. The fraction of sp³-hybridized carbons (Fsp3) is 0.600. The van der Waals surface area contributed by atoms with Gasteiger partial charge in [0.05, 0.1) is 5.69 Å². The molecule has 0 spiro atoms. The second-order valence-electron chi connectivity index (χ2n) is 4.63. The molecular weight excluding hydrogens is 176 g/mol. The van der Waals surface area contributed by atoms with Gasteiger partial charge in [-0.25, -0.2) is 9.97 Å². The lowest BCUT2D eigenvalue weighted by Crippen LogP contribution is -2.27. The molecule has 2 N–H and O–H groups in total. The van der Waals surface area contributed by atoms with Gasteiger partial charge in [0.15, 0.2) is 0 Å². The lowest BCUT2D eigenvalue weighted by molar-refractivity contribution is 0.628. The first-order chi connectivity index (χ1) is 6.56. The highest BCUT2D eigenvalue weighted by molar-refractivity contribution is 5.48. The second kappa shape index (κ2) is 3.20. The van der Waals surface area contributed by atoms with Gasteiger partial charge in [0, 0.05) is 24.2 Å². The molecule has 0 saturated carbocycles. The molecule has 0 fully saturated rings. The lowest BCUT2D eigenvalue weighted by Gasteiger charge is -2.22. The van der Waals surface area contributed by atoms with Gasteiger partial charge in [0.2, 0.25) is 0 Å². The quantitative estimate of drug-likeness (QED) is 0.704. The van der Waals surface area contributed by atoms with Crippen LogP contribution in [0.25, 0.3) is 0 Å². The van der Waals surface area contributed by atoms with E-state index in [1.807, 2.05) is 0 Å². The summed E-state index contributed by atoms with van der Waals surface area (Å²) in [6, 6.07) is 0. The van der Waals surface area contributed by atoms with Gasteiger partial charge >= 0.3 is 0 Å². The highest BCUT2D eigenvalue weighted by Crippen LogP contribution is 2.22. The zero-order chi connectivity index (χ0) is 10.2. The summed E-state index contributed by atoms with van der Waals surface area (Å²) in [7, 11) is 0. The summed E-state index contributed by atoms with van der Waals surface area (Å²) in [5.41, 5.74) is 2.37. The number of nitrogens with zero attached hydrogens (tertiary/aromatic N) is 2. The van der Waals surface area contributed by atoms with Crippen LogP contribution in [0.1, 0.15) is 32.0 Å². The van der Waals surface area contributed by atoms with Gasteiger partial charge in [-0.1, -0.05) is 0 Å². The Kier molecular flexibility index (Phi) is 2.15. The molecule has 1 aromatic rings. The average molecular weight is 192 g/mol. The van der Waals surface area contributed by atoms with Crippen LogP contribution in [0.3, 0.4) is 0 Å². The Balaban J connectivity index is 2.31. The average Bonchev–Trinajstić information content (AvgIpc) is 2.49. The summed E-state index contributed by atoms with van der Waals surface area (Å²) in [6.45, 7) is 8.11. The minimum absolute atomic E-state index is 0.0463. The highest BCUT2D eigenvalue weighted by atomic mass is 15.1. The maximum absolute atomic E-state index is 4.27. The predicted octanol–water partition coefficient (Wildman–Crippen LogP) is 1.29. The van der Waals surface area contributed by atoms with Gasteiger partial charge in [-0.3, -0.25) is 0 Å². The van der Waals surface area contributed by atoms with Crippen LogP contribution >= 0.6 is 0 Å². The molecule has 1 aliphatic rings. The number of hydrogen-bond acceptors (Lipinski definition) is 4. The van der Waals surface area contributed by atoms with Gasteiger partial charge in [-0.05, 0) is 20.8 Å². The van der Waals surface area contributed by atoms with Crippen LogP contribution in [0.15, 0.2) is 6.33 Å². The van der Waals surface area contributed by atoms with E-state index < -0.39 is 0 Å². The molecule has 4 heteroatoms. The summed E-state index contributed by atoms with van der Waals surface area (Å²) in [5.74, 6) is 0.965. The van der Waals surface area contributed by atoms with Crippen molar-refractivity contribution in [2.24, 2.45) is 0 Å². The van der Waals surface area contributed by atoms with E-state index in [4.69, 9.17) is 0 Å². The zero-order valence-corrected chi connectivity index (χ0v) is 8.89. The summed E-state index contributed by atoms with van der Waals surface area (Å²) in [6.07, 6.45) is 1.62. The van der Waals surface area contributed by atoms with Crippen molar-refractivity contribution in [3.8, 4) is 0 Å². The van der Waals surface area contributed by atoms with Gasteiger partial charge in [0.25, 0.3) is 0 Å². The zero-order valence-electron chi connectivity index (χ0n) is 8.89. The summed E-state index contributed by atoms with van der Waals surface area (Å²) < 4.78 is 0. The van der Waals surface area contributed by atoms with Crippen LogP contribution in [0.4, 0.5) is 5.82 Å². The molecule has 0 radical (unpaired) electrons. The standard InChI is InChI=1S/C10H16N4/c1-10(2,3)14-9-7-4-11-5-8(7)12-6-13-9/h6,11H,4-5H2,1-3H3,(H,12,13,14). The van der Waals surface area contributed by atoms with Gasteiger partial charge < -0.3 is 10.6 Å². The van der Waals surface area contributed by atoms with Crippen molar-refractivity contribution in [1.29, 1.82) is 0 Å². The van der Waals surface area contributed by atoms with Crippen molar-refractivity contribution >= 4 is 5.82 Å². The maximum atomic E-state index is 4.27. The molecule has 0 bridgehead atoms. The van der Waals surface area contributed by atoms with Crippen molar-refractivity contribution in [3.63, 3.8) is 0 Å². The monoisotopic (exact) mass is 192 g/mol. The van der Waals surface area contributed by atoms with Crippen molar-refractivity contribution in [2.45, 2.75) is 39.4 Å². The van der Waals surface area contributed by atoms with Gasteiger partial charge in [0.1, 0.15) is 12.1 Å². The predicted molar refractivity (Wildman–Crippen MR) is 56.0 cm³/mol. The van der Waals surface area contributed by atoms with Crippen LogP contribution in [0.2, 0.25) is 0 Å². The van der Waals surface area contributed by atoms with Crippen molar-refractivity contribution in [1.82, 2.24) is 15.3 Å². The Labute approximate surface area is 84.2 Å². The first-order valence-electron chi connectivity index (χ1n) is 4.88. The van der Waals surface area contributed by atoms with Crippen LogP contribution < -0.4 is 10.6 Å². The van der Waals surface area contributed by atoms with Crippen LogP contribution in [0, 0.1) is 0 Å². The van der Waals surface area contributed by atoms with Crippen LogP contribution in [-0.2, 0) is 13.1 Å². The van der Waals surface area contributed by atoms with Crippen LogP contribution in [0.5, 0.6) is 0 Å².